The summed E-state index contributed by atoms with van der Waals surface area (Å²) in [6.07, 6.45) is 0. The topological polar surface area (TPSA) is 98.5 Å². The molecule has 1 unspecified atom stereocenters. The Morgan fingerprint density at radius 1 is 1.12 bits per heavy atom. The average molecular weight is 348 g/mol. The van der Waals surface area contributed by atoms with Crippen LogP contribution in [0, 0.1) is 0 Å². The lowest BCUT2D eigenvalue weighted by molar-refractivity contribution is -0.136. The highest BCUT2D eigenvalue weighted by molar-refractivity contribution is 7.88. The van der Waals surface area contributed by atoms with Crippen molar-refractivity contribution in [2.75, 3.05) is 12.4 Å². The van der Waals surface area contributed by atoms with E-state index < -0.39 is 15.6 Å². The van der Waals surface area contributed by atoms with Crippen molar-refractivity contribution in [3.63, 3.8) is 0 Å². The van der Waals surface area contributed by atoms with E-state index >= 15 is 0 Å². The second-order valence-corrected chi connectivity index (χ2v) is 7.18. The van der Waals surface area contributed by atoms with Crippen LogP contribution in [0.25, 0.3) is 0 Å². The van der Waals surface area contributed by atoms with E-state index in [1.165, 1.54) is 7.11 Å². The number of methoxy groups -OCH3 is 1. The number of carbonyl (C=O) groups excluding carboxylic acids is 1. The van der Waals surface area contributed by atoms with E-state index in [-0.39, 0.29) is 11.7 Å². The van der Waals surface area contributed by atoms with Gasteiger partial charge in [0.2, 0.25) is 10.0 Å². The van der Waals surface area contributed by atoms with E-state index in [9.17, 15) is 13.2 Å². The molecule has 2 aromatic carbocycles. The number of nitrogens with two attached hydrogens (primary N) is 1. The number of primary sulfonamides is 1. The molecule has 2 rings (SSSR count). The van der Waals surface area contributed by atoms with Gasteiger partial charge in [0.25, 0.3) is 5.91 Å². The molecule has 1 atom stereocenters. The molecule has 0 heterocycles. The molecular weight excluding hydrogens is 328 g/mol. The predicted molar refractivity (Wildman–Crippen MR) is 92.7 cm³/mol. The van der Waals surface area contributed by atoms with E-state index in [0.29, 0.717) is 11.3 Å². The van der Waals surface area contributed by atoms with Crippen LogP contribution in [0.1, 0.15) is 18.1 Å². The molecule has 24 heavy (non-hydrogen) atoms. The summed E-state index contributed by atoms with van der Waals surface area (Å²) < 4.78 is 27.6. The second-order valence-electron chi connectivity index (χ2n) is 5.56. The van der Waals surface area contributed by atoms with Gasteiger partial charge < -0.3 is 10.1 Å². The van der Waals surface area contributed by atoms with Crippen molar-refractivity contribution in [2.24, 2.45) is 5.14 Å². The third-order valence-electron chi connectivity index (χ3n) is 3.75. The number of carbonyl (C=O) groups is 1. The van der Waals surface area contributed by atoms with E-state index in [1.807, 2.05) is 30.3 Å². The molecule has 7 heteroatoms. The van der Waals surface area contributed by atoms with Gasteiger partial charge in [-0.3, -0.25) is 4.79 Å². The first kappa shape index (κ1) is 18.1. The lowest BCUT2D eigenvalue weighted by atomic mass is 9.94. The minimum atomic E-state index is -3.58. The fraction of sp³-hybridized carbons (Fsp3) is 0.235. The third-order valence-corrected chi connectivity index (χ3v) is 4.48. The molecule has 0 radical (unpaired) electrons. The number of sulfonamides is 1. The van der Waals surface area contributed by atoms with E-state index in [0.717, 1.165) is 5.56 Å². The summed E-state index contributed by atoms with van der Waals surface area (Å²) in [5.74, 6) is -0.573. The molecule has 0 spiro atoms. The van der Waals surface area contributed by atoms with Crippen LogP contribution in [0.15, 0.2) is 54.6 Å². The molecule has 0 aromatic heterocycles. The highest BCUT2D eigenvalue weighted by atomic mass is 32.2. The Morgan fingerprint density at radius 3 is 2.21 bits per heavy atom. The van der Waals surface area contributed by atoms with Gasteiger partial charge in [-0.2, -0.15) is 0 Å². The van der Waals surface area contributed by atoms with Gasteiger partial charge in [0.1, 0.15) is 0 Å². The molecule has 0 aliphatic rings. The average Bonchev–Trinajstić information content (AvgIpc) is 2.55. The van der Waals surface area contributed by atoms with Crippen LogP contribution in [-0.4, -0.2) is 21.4 Å². The SMILES string of the molecule is COC(C)(C(=O)Nc1ccc(CS(N)(=O)=O)cc1)c1ccccc1. The number of nitrogens with one attached hydrogen (secondary N) is 1. The zero-order chi connectivity index (χ0) is 17.8. The van der Waals surface area contributed by atoms with E-state index in [1.54, 1.807) is 31.2 Å². The molecule has 6 nitrogen and oxygen atoms in total. The zero-order valence-corrected chi connectivity index (χ0v) is 14.3. The van der Waals surface area contributed by atoms with Gasteiger partial charge in [0, 0.05) is 12.8 Å². The molecule has 1 amide bonds. The van der Waals surface area contributed by atoms with Gasteiger partial charge in [-0.1, -0.05) is 42.5 Å². The summed E-state index contributed by atoms with van der Waals surface area (Å²) in [6.45, 7) is 1.69. The summed E-state index contributed by atoms with van der Waals surface area (Å²) in [7, 11) is -2.11. The number of rotatable bonds is 6. The predicted octanol–water partition coefficient (Wildman–Crippen LogP) is 1.98. The number of benzene rings is 2. The molecule has 0 aliphatic carbocycles. The summed E-state index contributed by atoms with van der Waals surface area (Å²) >= 11 is 0. The van der Waals surface area contributed by atoms with Gasteiger partial charge in [0.15, 0.2) is 5.60 Å². The van der Waals surface area contributed by atoms with Crippen molar-refractivity contribution in [3.8, 4) is 0 Å². The van der Waals surface area contributed by atoms with Crippen LogP contribution in [0.4, 0.5) is 5.69 Å². The maximum atomic E-state index is 12.6. The Morgan fingerprint density at radius 2 is 1.71 bits per heavy atom. The monoisotopic (exact) mass is 348 g/mol. The Hall–Kier alpha value is -2.22. The lowest BCUT2D eigenvalue weighted by Crippen LogP contribution is -2.39. The van der Waals surface area contributed by atoms with Gasteiger partial charge in [-0.05, 0) is 30.2 Å². The molecule has 0 saturated heterocycles. The van der Waals surface area contributed by atoms with Crippen molar-refractivity contribution < 1.29 is 17.9 Å². The number of anilines is 1. The van der Waals surface area contributed by atoms with Crippen LogP contribution in [-0.2, 0) is 30.9 Å². The van der Waals surface area contributed by atoms with Gasteiger partial charge >= 0.3 is 0 Å². The maximum absolute atomic E-state index is 12.6. The Kier molecular flexibility index (Phi) is 5.38. The van der Waals surface area contributed by atoms with Gasteiger partial charge in [0.05, 0.1) is 5.75 Å². The fourth-order valence-electron chi connectivity index (χ4n) is 2.26. The first-order chi connectivity index (χ1) is 11.2. The number of amides is 1. The molecule has 3 N–H and O–H groups in total. The second kappa shape index (κ2) is 7.12. The van der Waals surface area contributed by atoms with Crippen LogP contribution < -0.4 is 10.5 Å². The van der Waals surface area contributed by atoms with Crippen molar-refractivity contribution in [3.05, 3.63) is 65.7 Å². The molecule has 128 valence electrons. The number of ether oxygens (including phenoxy) is 1. The largest absolute Gasteiger partial charge is 0.364 e. The smallest absolute Gasteiger partial charge is 0.260 e. The van der Waals surface area contributed by atoms with Crippen LogP contribution in [0.5, 0.6) is 0 Å². The Balaban J connectivity index is 2.16. The molecule has 0 bridgehead atoms. The lowest BCUT2D eigenvalue weighted by Gasteiger charge is -2.27. The highest BCUT2D eigenvalue weighted by Crippen LogP contribution is 2.26. The van der Waals surface area contributed by atoms with Crippen molar-refractivity contribution in [1.82, 2.24) is 0 Å². The van der Waals surface area contributed by atoms with Crippen LogP contribution >= 0.6 is 0 Å². The fourth-order valence-corrected chi connectivity index (χ4v) is 2.92. The minimum Gasteiger partial charge on any atom is -0.364 e. The van der Waals surface area contributed by atoms with Crippen molar-refractivity contribution >= 4 is 21.6 Å². The number of hydrogen-bond acceptors (Lipinski definition) is 4. The minimum absolute atomic E-state index is 0.249. The summed E-state index contributed by atoms with van der Waals surface area (Å²) in [4.78, 5) is 12.6. The first-order valence-corrected chi connectivity index (χ1v) is 8.98. The first-order valence-electron chi connectivity index (χ1n) is 7.26. The maximum Gasteiger partial charge on any atom is 0.260 e. The summed E-state index contributed by atoms with van der Waals surface area (Å²) in [6, 6.07) is 15.6. The third kappa shape index (κ3) is 4.41. The Labute approximate surface area is 141 Å². The molecule has 0 aliphatic heterocycles. The quantitative estimate of drug-likeness (QED) is 0.834. The molecule has 0 fully saturated rings. The van der Waals surface area contributed by atoms with Crippen molar-refractivity contribution in [2.45, 2.75) is 18.3 Å². The molecular formula is C17H20N2O4S. The Bertz CT molecular complexity index is 804. The van der Waals surface area contributed by atoms with E-state index in [2.05, 4.69) is 5.32 Å². The van der Waals surface area contributed by atoms with Gasteiger partial charge in [-0.15, -0.1) is 0 Å². The number of hydrogen-bond donors (Lipinski definition) is 2. The standard InChI is InChI=1S/C17H20N2O4S/c1-17(23-2,14-6-4-3-5-7-14)16(20)19-15-10-8-13(9-11-15)12-24(18,21)22/h3-11H,12H2,1-2H3,(H,19,20)(H2,18,21,22). The molecule has 2 aromatic rings. The normalized spacial score (nSPS) is 14.0. The molecule has 0 saturated carbocycles. The zero-order valence-electron chi connectivity index (χ0n) is 13.5. The van der Waals surface area contributed by atoms with Crippen LogP contribution in [0.3, 0.4) is 0 Å². The highest BCUT2D eigenvalue weighted by Gasteiger charge is 2.35. The summed E-state index contributed by atoms with van der Waals surface area (Å²) in [5.41, 5.74) is 0.682. The van der Waals surface area contributed by atoms with Crippen molar-refractivity contribution in [1.29, 1.82) is 0 Å². The summed E-state index contributed by atoms with van der Waals surface area (Å²) in [5, 5.41) is 7.79. The van der Waals surface area contributed by atoms with E-state index in [4.69, 9.17) is 9.88 Å². The van der Waals surface area contributed by atoms with Crippen LogP contribution in [0.2, 0.25) is 0 Å². The van der Waals surface area contributed by atoms with Gasteiger partial charge in [-0.25, -0.2) is 13.6 Å².